The van der Waals surface area contributed by atoms with E-state index in [1.54, 1.807) is 0 Å². The summed E-state index contributed by atoms with van der Waals surface area (Å²) in [6, 6.07) is 1.25. The van der Waals surface area contributed by atoms with E-state index in [0.29, 0.717) is 24.5 Å². The molecule has 0 amide bonds. The zero-order valence-corrected chi connectivity index (χ0v) is 11.7. The predicted molar refractivity (Wildman–Crippen MR) is 69.9 cm³/mol. The van der Waals surface area contributed by atoms with Crippen LogP contribution in [0.4, 0.5) is 4.39 Å². The lowest BCUT2D eigenvalue weighted by molar-refractivity contribution is -0.0316. The quantitative estimate of drug-likeness (QED) is 0.750. The van der Waals surface area contributed by atoms with E-state index in [-0.39, 0.29) is 5.92 Å². The van der Waals surface area contributed by atoms with Crippen LogP contribution in [0.3, 0.4) is 0 Å². The minimum Gasteiger partial charge on any atom is -0.298 e. The van der Waals surface area contributed by atoms with Crippen molar-refractivity contribution in [2.45, 2.75) is 52.4 Å². The normalized spacial score (nSPS) is 33.4. The number of halogens is 1. The second-order valence-electron chi connectivity index (χ2n) is 6.41. The Morgan fingerprint density at radius 2 is 1.71 bits per heavy atom. The van der Waals surface area contributed by atoms with Crippen LogP contribution in [0.5, 0.6) is 0 Å². The largest absolute Gasteiger partial charge is 0.298 e. The number of hydrogen-bond acceptors (Lipinski definition) is 2. The summed E-state index contributed by atoms with van der Waals surface area (Å²) >= 11 is 0. The molecular weight excluding hydrogens is 215 g/mol. The molecule has 0 aliphatic carbocycles. The highest BCUT2D eigenvalue weighted by molar-refractivity contribution is 4.93. The van der Waals surface area contributed by atoms with Gasteiger partial charge >= 0.3 is 0 Å². The summed E-state index contributed by atoms with van der Waals surface area (Å²) in [4.78, 5) is 4.84. The molecule has 2 aliphatic rings. The second kappa shape index (κ2) is 5.23. The van der Waals surface area contributed by atoms with Gasteiger partial charge in [-0.25, -0.2) is 4.39 Å². The monoisotopic (exact) mass is 242 g/mol. The summed E-state index contributed by atoms with van der Waals surface area (Å²) in [5.74, 6) is 0.772. The molecule has 100 valence electrons. The number of nitrogens with zero attached hydrogens (tertiary/aromatic N) is 2. The summed E-state index contributed by atoms with van der Waals surface area (Å²) in [6.45, 7) is 12.8. The van der Waals surface area contributed by atoms with Gasteiger partial charge in [0.05, 0.1) is 0 Å². The maximum absolute atomic E-state index is 14.1. The van der Waals surface area contributed by atoms with E-state index in [1.165, 1.54) is 0 Å². The fourth-order valence-electron chi connectivity index (χ4n) is 3.17. The molecule has 0 aromatic rings. The molecule has 0 spiro atoms. The molecule has 0 aromatic heterocycles. The van der Waals surface area contributed by atoms with Crippen LogP contribution in [0.15, 0.2) is 0 Å². The van der Waals surface area contributed by atoms with Gasteiger partial charge in [-0.3, -0.25) is 9.80 Å². The Kier molecular flexibility index (Phi) is 4.09. The molecule has 2 atom stereocenters. The van der Waals surface area contributed by atoms with Gasteiger partial charge in [-0.2, -0.15) is 0 Å². The van der Waals surface area contributed by atoms with Crippen molar-refractivity contribution < 1.29 is 4.39 Å². The number of likely N-dealkylation sites (tertiary alicyclic amines) is 2. The van der Waals surface area contributed by atoms with Crippen LogP contribution >= 0.6 is 0 Å². The van der Waals surface area contributed by atoms with Crippen LogP contribution in [0.1, 0.15) is 34.1 Å². The average Bonchev–Trinajstić information content (AvgIpc) is 2.13. The fraction of sp³-hybridized carbons (Fsp3) is 1.00. The second-order valence-corrected chi connectivity index (χ2v) is 6.41. The highest BCUT2D eigenvalue weighted by Gasteiger charge is 2.38. The summed E-state index contributed by atoms with van der Waals surface area (Å²) < 4.78 is 14.1. The number of piperidine rings is 1. The first kappa shape index (κ1) is 13.3. The third kappa shape index (κ3) is 2.82. The van der Waals surface area contributed by atoms with Gasteiger partial charge in [0.15, 0.2) is 0 Å². The molecule has 0 aromatic carbocycles. The number of hydrogen-bond donors (Lipinski definition) is 0. The van der Waals surface area contributed by atoms with E-state index in [4.69, 9.17) is 0 Å². The molecule has 2 aliphatic heterocycles. The van der Waals surface area contributed by atoms with Gasteiger partial charge in [0, 0.05) is 31.7 Å². The molecule has 0 N–H and O–H groups in total. The molecule has 2 nitrogen and oxygen atoms in total. The van der Waals surface area contributed by atoms with Crippen LogP contribution < -0.4 is 0 Å². The summed E-state index contributed by atoms with van der Waals surface area (Å²) in [6.07, 6.45) is 0.425. The van der Waals surface area contributed by atoms with Gasteiger partial charge in [-0.05, 0) is 38.6 Å². The molecular formula is C14H27FN2. The van der Waals surface area contributed by atoms with Crippen molar-refractivity contribution in [3.63, 3.8) is 0 Å². The van der Waals surface area contributed by atoms with E-state index in [0.717, 1.165) is 26.1 Å². The third-order valence-corrected chi connectivity index (χ3v) is 4.62. The molecule has 0 saturated carbocycles. The molecule has 0 radical (unpaired) electrons. The van der Waals surface area contributed by atoms with E-state index >= 15 is 0 Å². The smallest absolute Gasteiger partial charge is 0.116 e. The van der Waals surface area contributed by atoms with Crippen LogP contribution in [0.25, 0.3) is 0 Å². The zero-order chi connectivity index (χ0) is 12.6. The van der Waals surface area contributed by atoms with E-state index in [1.807, 2.05) is 0 Å². The van der Waals surface area contributed by atoms with E-state index in [2.05, 4.69) is 37.5 Å². The van der Waals surface area contributed by atoms with Gasteiger partial charge in [0.1, 0.15) is 6.17 Å². The molecule has 0 unspecified atom stereocenters. The lowest BCUT2D eigenvalue weighted by atomic mass is 9.84. The first-order valence-corrected chi connectivity index (χ1v) is 7.11. The predicted octanol–water partition coefficient (Wildman–Crippen LogP) is 2.40. The van der Waals surface area contributed by atoms with E-state index < -0.39 is 6.17 Å². The highest BCUT2D eigenvalue weighted by Crippen LogP contribution is 2.30. The van der Waals surface area contributed by atoms with Crippen molar-refractivity contribution in [2.75, 3.05) is 26.2 Å². The molecule has 0 bridgehead atoms. The van der Waals surface area contributed by atoms with Gasteiger partial charge in [-0.15, -0.1) is 0 Å². The number of rotatable bonds is 3. The first-order chi connectivity index (χ1) is 7.99. The van der Waals surface area contributed by atoms with Gasteiger partial charge in [-0.1, -0.05) is 13.8 Å². The van der Waals surface area contributed by atoms with Gasteiger partial charge in [0.25, 0.3) is 0 Å². The first-order valence-electron chi connectivity index (χ1n) is 7.11. The minimum atomic E-state index is -0.614. The fourth-order valence-corrected chi connectivity index (χ4v) is 3.17. The lowest BCUT2D eigenvalue weighted by Gasteiger charge is -2.50. The number of alkyl halides is 1. The van der Waals surface area contributed by atoms with Crippen molar-refractivity contribution in [3.05, 3.63) is 0 Å². The standard InChI is InChI=1S/C14H27FN2/c1-10(2)13-5-6-16(9-14(13)15)12-7-17(8-12)11(3)4/h10-14H,5-9H2,1-4H3/t13-,14-/m0/s1. The summed E-state index contributed by atoms with van der Waals surface area (Å²) in [7, 11) is 0. The summed E-state index contributed by atoms with van der Waals surface area (Å²) in [5, 5.41) is 0. The lowest BCUT2D eigenvalue weighted by Crippen LogP contribution is -2.63. The van der Waals surface area contributed by atoms with Crippen LogP contribution in [-0.4, -0.2) is 54.2 Å². The van der Waals surface area contributed by atoms with Crippen molar-refractivity contribution in [1.29, 1.82) is 0 Å². The van der Waals surface area contributed by atoms with Crippen molar-refractivity contribution in [2.24, 2.45) is 11.8 Å². The van der Waals surface area contributed by atoms with Gasteiger partial charge in [0.2, 0.25) is 0 Å². The van der Waals surface area contributed by atoms with Crippen LogP contribution in [0.2, 0.25) is 0 Å². The Labute approximate surface area is 105 Å². The molecule has 2 rings (SSSR count). The summed E-state index contributed by atoms with van der Waals surface area (Å²) in [5.41, 5.74) is 0. The Morgan fingerprint density at radius 3 is 2.18 bits per heavy atom. The van der Waals surface area contributed by atoms with Gasteiger partial charge < -0.3 is 0 Å². The zero-order valence-electron chi connectivity index (χ0n) is 11.7. The Morgan fingerprint density at radius 1 is 1.06 bits per heavy atom. The molecule has 2 heterocycles. The average molecular weight is 242 g/mol. The molecule has 3 heteroatoms. The SMILES string of the molecule is CC(C)[C@@H]1CCN(C2CN(C(C)C)C2)C[C@@H]1F. The van der Waals surface area contributed by atoms with Crippen LogP contribution in [0, 0.1) is 11.8 Å². The topological polar surface area (TPSA) is 6.48 Å². The highest BCUT2D eigenvalue weighted by atomic mass is 19.1. The van der Waals surface area contributed by atoms with Crippen molar-refractivity contribution in [1.82, 2.24) is 9.80 Å². The third-order valence-electron chi connectivity index (χ3n) is 4.62. The van der Waals surface area contributed by atoms with Crippen LogP contribution in [-0.2, 0) is 0 Å². The minimum absolute atomic E-state index is 0.285. The van der Waals surface area contributed by atoms with E-state index in [9.17, 15) is 4.39 Å². The Balaban J connectivity index is 1.79. The molecule has 2 saturated heterocycles. The maximum atomic E-state index is 14.1. The van der Waals surface area contributed by atoms with Crippen molar-refractivity contribution >= 4 is 0 Å². The molecule has 17 heavy (non-hydrogen) atoms. The Bertz CT molecular complexity index is 249. The Hall–Kier alpha value is -0.150. The maximum Gasteiger partial charge on any atom is 0.116 e. The molecule has 2 fully saturated rings. The van der Waals surface area contributed by atoms with Crippen molar-refractivity contribution in [3.8, 4) is 0 Å².